The van der Waals surface area contributed by atoms with E-state index in [4.69, 9.17) is 9.84 Å². The van der Waals surface area contributed by atoms with Crippen LogP contribution < -0.4 is 0 Å². The van der Waals surface area contributed by atoms with E-state index in [9.17, 15) is 20.1 Å². The van der Waals surface area contributed by atoms with Crippen LogP contribution in [0.25, 0.3) is 0 Å². The van der Waals surface area contributed by atoms with E-state index in [0.717, 1.165) is 11.2 Å². The number of nitrogens with one attached hydrogen (secondary N) is 1. The summed E-state index contributed by atoms with van der Waals surface area (Å²) < 4.78 is 5.24. The maximum atomic E-state index is 12.0. The van der Waals surface area contributed by atoms with Crippen molar-refractivity contribution >= 4 is 5.91 Å². The highest BCUT2D eigenvalue weighted by Gasteiger charge is 2.46. The highest BCUT2D eigenvalue weighted by Crippen LogP contribution is 2.23. The van der Waals surface area contributed by atoms with E-state index in [-0.39, 0.29) is 5.82 Å². The van der Waals surface area contributed by atoms with Crippen molar-refractivity contribution < 1.29 is 30.0 Å². The summed E-state index contributed by atoms with van der Waals surface area (Å²) in [4.78, 5) is 16.7. The average Bonchev–Trinajstić information content (AvgIpc) is 2.98. The zero-order chi connectivity index (χ0) is 14.9. The highest BCUT2D eigenvalue weighted by atomic mass is 16.6. The predicted octanol–water partition coefficient (Wildman–Crippen LogP) is -3.32. The number of amides is 1. The van der Waals surface area contributed by atoms with Crippen molar-refractivity contribution in [3.8, 4) is 0 Å². The normalized spacial score (nSPS) is 34.0. The number of rotatable bonds is 3. The van der Waals surface area contributed by atoms with Crippen LogP contribution in [0, 0.1) is 0 Å². The van der Waals surface area contributed by atoms with Gasteiger partial charge in [-0.2, -0.15) is 5.10 Å². The van der Waals surface area contributed by atoms with Gasteiger partial charge >= 0.3 is 0 Å². The van der Waals surface area contributed by atoms with E-state index in [1.807, 2.05) is 0 Å². The summed E-state index contributed by atoms with van der Waals surface area (Å²) in [7, 11) is 1.33. The summed E-state index contributed by atoms with van der Waals surface area (Å²) in [5, 5.41) is 44.2. The van der Waals surface area contributed by atoms with Gasteiger partial charge in [0.2, 0.25) is 5.82 Å². The van der Waals surface area contributed by atoms with Gasteiger partial charge in [0.25, 0.3) is 5.91 Å². The van der Waals surface area contributed by atoms with Crippen LogP contribution in [0.2, 0.25) is 0 Å². The van der Waals surface area contributed by atoms with Gasteiger partial charge in [-0.15, -0.1) is 0 Å². The minimum absolute atomic E-state index is 0.0653. The fourth-order valence-corrected chi connectivity index (χ4v) is 1.99. The molecular formula is C10H16N4O6. The van der Waals surface area contributed by atoms with Crippen molar-refractivity contribution in [1.82, 2.24) is 20.1 Å². The molecule has 0 unspecified atom stereocenters. The Balaban J connectivity index is 2.16. The number of H-pyrrole nitrogens is 1. The number of likely N-dealkylation sites (N-methyl/N-ethyl adjacent to an activating group) is 1. The van der Waals surface area contributed by atoms with E-state index in [1.165, 1.54) is 7.05 Å². The molecule has 10 nitrogen and oxygen atoms in total. The van der Waals surface area contributed by atoms with E-state index in [1.54, 1.807) is 0 Å². The minimum Gasteiger partial charge on any atom is -0.394 e. The van der Waals surface area contributed by atoms with Gasteiger partial charge in [0.15, 0.2) is 6.23 Å². The van der Waals surface area contributed by atoms with Crippen LogP contribution in [-0.4, -0.2) is 90.7 Å². The number of carbonyl (C=O) groups excluding carboxylic acids is 1. The van der Waals surface area contributed by atoms with Crippen LogP contribution in [0.1, 0.15) is 10.6 Å². The van der Waals surface area contributed by atoms with Gasteiger partial charge in [0.1, 0.15) is 30.7 Å². The van der Waals surface area contributed by atoms with Gasteiger partial charge in [0.05, 0.1) is 6.61 Å². The maximum absolute atomic E-state index is 12.0. The lowest BCUT2D eigenvalue weighted by Gasteiger charge is -2.43. The molecule has 2 rings (SSSR count). The smallest absolute Gasteiger partial charge is 0.293 e. The Bertz CT molecular complexity index is 453. The van der Waals surface area contributed by atoms with Crippen LogP contribution in [0.3, 0.4) is 0 Å². The molecule has 5 atom stereocenters. The molecule has 0 saturated carbocycles. The molecule has 1 aliphatic heterocycles. The van der Waals surface area contributed by atoms with Gasteiger partial charge in [-0.3, -0.25) is 9.89 Å². The molecule has 2 heterocycles. The molecule has 1 aliphatic rings. The molecule has 5 N–H and O–H groups in total. The third-order valence-electron chi connectivity index (χ3n) is 3.19. The predicted molar refractivity (Wildman–Crippen MR) is 62.2 cm³/mol. The number of nitrogens with zero attached hydrogens (tertiary/aromatic N) is 3. The van der Waals surface area contributed by atoms with Gasteiger partial charge in [-0.05, 0) is 0 Å². The summed E-state index contributed by atoms with van der Waals surface area (Å²) in [6.07, 6.45) is -5.71. The second-order valence-corrected chi connectivity index (χ2v) is 4.47. The first-order valence-corrected chi connectivity index (χ1v) is 5.90. The zero-order valence-corrected chi connectivity index (χ0v) is 10.6. The van der Waals surface area contributed by atoms with Crippen molar-refractivity contribution in [3.63, 3.8) is 0 Å². The molecule has 10 heteroatoms. The van der Waals surface area contributed by atoms with Gasteiger partial charge in [0, 0.05) is 7.05 Å². The molecule has 1 aromatic rings. The molecule has 1 fully saturated rings. The first-order valence-electron chi connectivity index (χ1n) is 5.90. The van der Waals surface area contributed by atoms with Crippen molar-refractivity contribution in [3.05, 3.63) is 12.2 Å². The Morgan fingerprint density at radius 2 is 2.10 bits per heavy atom. The van der Waals surface area contributed by atoms with Crippen molar-refractivity contribution in [1.29, 1.82) is 0 Å². The van der Waals surface area contributed by atoms with Crippen LogP contribution in [0.5, 0.6) is 0 Å². The number of aromatic amines is 1. The first-order chi connectivity index (χ1) is 9.47. The van der Waals surface area contributed by atoms with Crippen molar-refractivity contribution in [2.45, 2.75) is 30.6 Å². The van der Waals surface area contributed by atoms with Crippen molar-refractivity contribution in [2.24, 2.45) is 0 Å². The molecule has 0 spiro atoms. The second-order valence-electron chi connectivity index (χ2n) is 4.47. The zero-order valence-electron chi connectivity index (χ0n) is 10.6. The molecule has 0 aliphatic carbocycles. The van der Waals surface area contributed by atoms with Gasteiger partial charge in [-0.1, -0.05) is 0 Å². The molecule has 20 heavy (non-hydrogen) atoms. The molecular weight excluding hydrogens is 272 g/mol. The Kier molecular flexibility index (Phi) is 4.30. The Labute approximate surface area is 113 Å². The van der Waals surface area contributed by atoms with E-state index in [2.05, 4.69) is 15.2 Å². The quantitative estimate of drug-likeness (QED) is 0.387. The Morgan fingerprint density at radius 3 is 2.65 bits per heavy atom. The monoisotopic (exact) mass is 288 g/mol. The molecule has 0 bridgehead atoms. The van der Waals surface area contributed by atoms with Crippen LogP contribution in [0.15, 0.2) is 6.33 Å². The molecule has 1 amide bonds. The topological polar surface area (TPSA) is 152 Å². The lowest BCUT2D eigenvalue weighted by molar-refractivity contribution is -0.254. The molecule has 0 aromatic carbocycles. The summed E-state index contributed by atoms with van der Waals surface area (Å²) in [6.45, 7) is -0.564. The van der Waals surface area contributed by atoms with Crippen LogP contribution >= 0.6 is 0 Å². The molecule has 0 radical (unpaired) electrons. The summed E-state index contributed by atoms with van der Waals surface area (Å²) in [5.41, 5.74) is 0. The fourth-order valence-electron chi connectivity index (χ4n) is 1.99. The Morgan fingerprint density at radius 1 is 1.40 bits per heavy atom. The third-order valence-corrected chi connectivity index (χ3v) is 3.19. The van der Waals surface area contributed by atoms with Gasteiger partial charge < -0.3 is 30.1 Å². The van der Waals surface area contributed by atoms with Crippen LogP contribution in [-0.2, 0) is 4.74 Å². The largest absolute Gasteiger partial charge is 0.394 e. The van der Waals surface area contributed by atoms with Crippen molar-refractivity contribution in [2.75, 3.05) is 13.7 Å². The third kappa shape index (κ3) is 2.51. The summed E-state index contributed by atoms with van der Waals surface area (Å²) in [5.74, 6) is -0.684. The Hall–Kier alpha value is -1.59. The van der Waals surface area contributed by atoms with Crippen LogP contribution in [0.4, 0.5) is 0 Å². The number of hydrogen-bond acceptors (Lipinski definition) is 8. The number of aromatic nitrogens is 3. The fraction of sp³-hybridized carbons (Fsp3) is 0.700. The van der Waals surface area contributed by atoms with Gasteiger partial charge in [-0.25, -0.2) is 4.98 Å². The highest BCUT2D eigenvalue weighted by molar-refractivity contribution is 5.90. The first kappa shape index (κ1) is 14.8. The average molecular weight is 288 g/mol. The number of ether oxygens (including phenoxy) is 1. The number of hydrogen-bond donors (Lipinski definition) is 5. The van der Waals surface area contributed by atoms with E-state index in [0.29, 0.717) is 0 Å². The SMILES string of the molecule is CN(C(=O)c1ncn[nH]1)[C@@H]1O[C@H](CO)[C@H](O)[C@H](O)[C@@H]1O. The lowest BCUT2D eigenvalue weighted by Crippen LogP contribution is -2.63. The molecule has 1 aromatic heterocycles. The summed E-state index contributed by atoms with van der Waals surface area (Å²) in [6, 6.07) is 0. The van der Waals surface area contributed by atoms with E-state index >= 15 is 0 Å². The number of aliphatic hydroxyl groups excluding tert-OH is 4. The standard InChI is InChI=1S/C10H16N4O6/c1-14(9(19)8-11-3-12-13-8)10-7(18)6(17)5(16)4(2-15)20-10/h3-7,10,15-18H,2H2,1H3,(H,11,12,13)/t4-,5+,6+,7+,10-/m1/s1. The molecule has 112 valence electrons. The lowest BCUT2D eigenvalue weighted by atomic mass is 9.98. The maximum Gasteiger partial charge on any atom is 0.293 e. The minimum atomic E-state index is -1.55. The van der Waals surface area contributed by atoms with E-state index < -0.39 is 43.2 Å². The second kappa shape index (κ2) is 5.81. The summed E-state index contributed by atoms with van der Waals surface area (Å²) >= 11 is 0. The number of carbonyl (C=O) groups is 1. The molecule has 1 saturated heterocycles. The number of aliphatic hydroxyl groups is 4.